The fraction of sp³-hybridized carbons (Fsp3) is 0.647. The molecule has 0 amide bonds. The molecule has 1 aromatic rings. The molecule has 1 aliphatic rings. The Morgan fingerprint density at radius 2 is 2.00 bits per heavy atom. The minimum Gasteiger partial charge on any atom is -0.380 e. The third kappa shape index (κ3) is 3.12. The van der Waals surface area contributed by atoms with Crippen LogP contribution in [0.25, 0.3) is 0 Å². The second kappa shape index (κ2) is 6.42. The normalized spacial score (nSPS) is 27.4. The van der Waals surface area contributed by atoms with Crippen LogP contribution >= 0.6 is 0 Å². The molecule has 21 heavy (non-hydrogen) atoms. The molecule has 4 heteroatoms. The van der Waals surface area contributed by atoms with E-state index in [0.717, 1.165) is 12.1 Å². The molecule has 1 aromatic carbocycles. The summed E-state index contributed by atoms with van der Waals surface area (Å²) in [6.07, 6.45) is 0.285. The van der Waals surface area contributed by atoms with Gasteiger partial charge in [-0.15, -0.1) is 0 Å². The highest BCUT2D eigenvalue weighted by Crippen LogP contribution is 2.46. The molecule has 0 aromatic heterocycles. The highest BCUT2D eigenvalue weighted by molar-refractivity contribution is 5.25. The number of hydrogen-bond donors (Lipinski definition) is 1. The van der Waals surface area contributed by atoms with Gasteiger partial charge in [0, 0.05) is 37.8 Å². The number of benzene rings is 1. The average molecular weight is 295 g/mol. The smallest absolute Gasteiger partial charge is 0.128 e. The molecule has 0 heterocycles. The van der Waals surface area contributed by atoms with Gasteiger partial charge in [-0.05, 0) is 23.6 Å². The van der Waals surface area contributed by atoms with E-state index in [1.54, 1.807) is 14.2 Å². The second-order valence-corrected chi connectivity index (χ2v) is 6.55. The lowest BCUT2D eigenvalue weighted by molar-refractivity contribution is -0.145. The van der Waals surface area contributed by atoms with Crippen molar-refractivity contribution in [2.75, 3.05) is 14.2 Å². The van der Waals surface area contributed by atoms with Crippen LogP contribution in [0.5, 0.6) is 0 Å². The molecule has 118 valence electrons. The molecule has 0 aliphatic heterocycles. The molecular weight excluding hydrogens is 269 g/mol. The zero-order chi connectivity index (χ0) is 15.6. The van der Waals surface area contributed by atoms with E-state index >= 15 is 0 Å². The van der Waals surface area contributed by atoms with Gasteiger partial charge >= 0.3 is 0 Å². The van der Waals surface area contributed by atoms with Crippen LogP contribution < -0.4 is 5.32 Å². The first-order valence-corrected chi connectivity index (χ1v) is 7.44. The van der Waals surface area contributed by atoms with Crippen LogP contribution in [0.1, 0.15) is 31.9 Å². The van der Waals surface area contributed by atoms with Crippen molar-refractivity contribution in [3.8, 4) is 0 Å². The Bertz CT molecular complexity index is 490. The number of nitrogens with one attached hydrogen (secondary N) is 1. The summed E-state index contributed by atoms with van der Waals surface area (Å²) in [5.74, 6) is 0.265. The lowest BCUT2D eigenvalue weighted by atomic mass is 9.58. The zero-order valence-corrected chi connectivity index (χ0v) is 13.6. The van der Waals surface area contributed by atoms with E-state index in [1.165, 1.54) is 6.07 Å². The number of hydrogen-bond acceptors (Lipinski definition) is 3. The Kier molecular flexibility index (Phi) is 5.02. The number of rotatable bonds is 6. The molecule has 3 atom stereocenters. The minimum atomic E-state index is -0.211. The monoisotopic (exact) mass is 295 g/mol. The first-order valence-electron chi connectivity index (χ1n) is 7.44. The summed E-state index contributed by atoms with van der Waals surface area (Å²) >= 11 is 0. The molecule has 2 rings (SSSR count). The van der Waals surface area contributed by atoms with E-state index in [4.69, 9.17) is 9.47 Å². The van der Waals surface area contributed by atoms with Crippen molar-refractivity contribution < 1.29 is 13.9 Å². The van der Waals surface area contributed by atoms with Gasteiger partial charge in [0.05, 0.1) is 12.7 Å². The van der Waals surface area contributed by atoms with Gasteiger partial charge in [0.15, 0.2) is 0 Å². The zero-order valence-electron chi connectivity index (χ0n) is 13.6. The van der Waals surface area contributed by atoms with Crippen LogP contribution in [0.3, 0.4) is 0 Å². The Morgan fingerprint density at radius 1 is 1.29 bits per heavy atom. The van der Waals surface area contributed by atoms with E-state index in [1.807, 2.05) is 12.1 Å². The van der Waals surface area contributed by atoms with Crippen molar-refractivity contribution >= 4 is 0 Å². The van der Waals surface area contributed by atoms with E-state index in [0.29, 0.717) is 24.1 Å². The highest BCUT2D eigenvalue weighted by Gasteiger charge is 2.54. The molecule has 1 N–H and O–H groups in total. The predicted octanol–water partition coefficient (Wildman–Crippen LogP) is 3.12. The molecule has 0 bridgehead atoms. The van der Waals surface area contributed by atoms with Crippen LogP contribution in [-0.4, -0.2) is 26.4 Å². The lowest BCUT2D eigenvalue weighted by Gasteiger charge is -2.56. The van der Waals surface area contributed by atoms with Crippen LogP contribution in [0.4, 0.5) is 4.39 Å². The minimum absolute atomic E-state index is 0.115. The van der Waals surface area contributed by atoms with E-state index in [-0.39, 0.29) is 17.3 Å². The van der Waals surface area contributed by atoms with Crippen molar-refractivity contribution in [1.82, 2.24) is 5.32 Å². The molecule has 3 nitrogen and oxygen atoms in total. The Balaban J connectivity index is 1.99. The average Bonchev–Trinajstić information content (AvgIpc) is 2.42. The summed E-state index contributed by atoms with van der Waals surface area (Å²) in [7, 11) is 3.35. The molecule has 0 saturated heterocycles. The Labute approximate surface area is 126 Å². The molecule has 0 radical (unpaired) electrons. The standard InChI is InChI=1S/C17H26FNO2/c1-11-15(17(2,3)16(11)21-5)19-9-12-6-7-14(18)13(8-12)10-20-4/h6-8,11,15-16,19H,9-10H2,1-5H3/t11-,15+,16-/m0/s1. The Morgan fingerprint density at radius 3 is 2.57 bits per heavy atom. The van der Waals surface area contributed by atoms with Gasteiger partial charge in [-0.2, -0.15) is 0 Å². The van der Waals surface area contributed by atoms with Crippen LogP contribution in [0.2, 0.25) is 0 Å². The van der Waals surface area contributed by atoms with Gasteiger partial charge in [0.2, 0.25) is 0 Å². The van der Waals surface area contributed by atoms with Gasteiger partial charge in [-0.25, -0.2) is 4.39 Å². The van der Waals surface area contributed by atoms with Gasteiger partial charge in [0.25, 0.3) is 0 Å². The summed E-state index contributed by atoms with van der Waals surface area (Å²) in [6, 6.07) is 5.61. The molecular formula is C17H26FNO2. The van der Waals surface area contributed by atoms with Crippen LogP contribution in [0, 0.1) is 17.2 Å². The quantitative estimate of drug-likeness (QED) is 0.874. The molecule has 1 aliphatic carbocycles. The summed E-state index contributed by atoms with van der Waals surface area (Å²) < 4.78 is 24.2. The number of ether oxygens (including phenoxy) is 2. The van der Waals surface area contributed by atoms with Crippen molar-refractivity contribution in [3.05, 3.63) is 35.1 Å². The molecule has 0 spiro atoms. The van der Waals surface area contributed by atoms with E-state index in [9.17, 15) is 4.39 Å². The van der Waals surface area contributed by atoms with E-state index < -0.39 is 0 Å². The fourth-order valence-corrected chi connectivity index (χ4v) is 3.79. The summed E-state index contributed by atoms with van der Waals surface area (Å²) in [5.41, 5.74) is 1.80. The fourth-order valence-electron chi connectivity index (χ4n) is 3.79. The molecule has 1 fully saturated rings. The number of halogens is 1. The van der Waals surface area contributed by atoms with Crippen molar-refractivity contribution in [2.24, 2.45) is 11.3 Å². The Hall–Kier alpha value is -0.970. The summed E-state index contributed by atoms with van der Waals surface area (Å²) in [4.78, 5) is 0. The maximum Gasteiger partial charge on any atom is 0.128 e. The van der Waals surface area contributed by atoms with Gasteiger partial charge in [-0.3, -0.25) is 0 Å². The van der Waals surface area contributed by atoms with Crippen molar-refractivity contribution in [1.29, 1.82) is 0 Å². The predicted molar refractivity (Wildman–Crippen MR) is 81.5 cm³/mol. The third-order valence-electron chi connectivity index (χ3n) is 4.73. The van der Waals surface area contributed by atoms with Gasteiger partial charge < -0.3 is 14.8 Å². The van der Waals surface area contributed by atoms with Crippen molar-refractivity contribution in [3.63, 3.8) is 0 Å². The summed E-state index contributed by atoms with van der Waals surface area (Å²) in [6.45, 7) is 7.68. The largest absolute Gasteiger partial charge is 0.380 e. The lowest BCUT2D eigenvalue weighted by Crippen LogP contribution is -2.66. The third-order valence-corrected chi connectivity index (χ3v) is 4.73. The van der Waals surface area contributed by atoms with Crippen LogP contribution in [-0.2, 0) is 22.6 Å². The molecule has 0 unspecified atom stereocenters. The maximum atomic E-state index is 13.6. The van der Waals surface area contributed by atoms with E-state index in [2.05, 4.69) is 26.1 Å². The maximum absolute atomic E-state index is 13.6. The highest BCUT2D eigenvalue weighted by atomic mass is 19.1. The second-order valence-electron chi connectivity index (χ2n) is 6.55. The number of methoxy groups -OCH3 is 2. The summed E-state index contributed by atoms with van der Waals surface area (Å²) in [5, 5.41) is 3.59. The topological polar surface area (TPSA) is 30.5 Å². The molecule has 1 saturated carbocycles. The first-order chi connectivity index (χ1) is 9.91. The van der Waals surface area contributed by atoms with Crippen LogP contribution in [0.15, 0.2) is 18.2 Å². The van der Waals surface area contributed by atoms with Crippen molar-refractivity contribution in [2.45, 2.75) is 46.1 Å². The first kappa shape index (κ1) is 16.4. The van der Waals surface area contributed by atoms with Gasteiger partial charge in [0.1, 0.15) is 5.82 Å². The van der Waals surface area contributed by atoms with Gasteiger partial charge in [-0.1, -0.05) is 26.8 Å². The SMILES string of the molecule is COCc1cc(CN[C@@H]2[C@H](C)[C@H](OC)C2(C)C)ccc1F.